The number of ether oxygens (including phenoxy) is 1. The van der Waals surface area contributed by atoms with Gasteiger partial charge in [-0.1, -0.05) is 13.2 Å². The van der Waals surface area contributed by atoms with Crippen molar-refractivity contribution in [1.82, 2.24) is 0 Å². The van der Waals surface area contributed by atoms with Crippen LogP contribution in [0.15, 0.2) is 25.3 Å². The zero-order valence-electron chi connectivity index (χ0n) is 8.92. The fraction of sp³-hybridized carbons (Fsp3) is 0.400. The SMILES string of the molecule is C=CC(=O)OCCCCO.C=CC(=O)OO. The molecule has 92 valence electrons. The molecule has 6 nitrogen and oxygen atoms in total. The summed E-state index contributed by atoms with van der Waals surface area (Å²) in [5.41, 5.74) is 0. The average molecular weight is 232 g/mol. The van der Waals surface area contributed by atoms with Gasteiger partial charge in [0.25, 0.3) is 0 Å². The van der Waals surface area contributed by atoms with Crippen molar-refractivity contribution in [3.63, 3.8) is 0 Å². The van der Waals surface area contributed by atoms with Gasteiger partial charge in [0.05, 0.1) is 6.61 Å². The molecule has 16 heavy (non-hydrogen) atoms. The molecule has 0 saturated carbocycles. The molecule has 0 aliphatic heterocycles. The number of rotatable bonds is 6. The monoisotopic (exact) mass is 232 g/mol. The van der Waals surface area contributed by atoms with Gasteiger partial charge >= 0.3 is 11.9 Å². The first-order chi connectivity index (χ1) is 7.62. The van der Waals surface area contributed by atoms with Crippen molar-refractivity contribution in [3.05, 3.63) is 25.3 Å². The summed E-state index contributed by atoms with van der Waals surface area (Å²) in [6, 6.07) is 0. The predicted octanol–water partition coefficient (Wildman–Crippen LogP) is 0.677. The van der Waals surface area contributed by atoms with E-state index >= 15 is 0 Å². The van der Waals surface area contributed by atoms with Crippen LogP contribution in [0, 0.1) is 0 Å². The van der Waals surface area contributed by atoms with E-state index in [9.17, 15) is 9.59 Å². The van der Waals surface area contributed by atoms with Crippen molar-refractivity contribution in [1.29, 1.82) is 0 Å². The maximum Gasteiger partial charge on any atom is 0.365 e. The number of carbonyl (C=O) groups excluding carboxylic acids is 2. The van der Waals surface area contributed by atoms with E-state index in [1.54, 1.807) is 0 Å². The maximum absolute atomic E-state index is 10.4. The Morgan fingerprint density at radius 2 is 1.69 bits per heavy atom. The molecular weight excluding hydrogens is 216 g/mol. The lowest BCUT2D eigenvalue weighted by atomic mass is 10.3. The molecule has 2 N–H and O–H groups in total. The Morgan fingerprint density at radius 1 is 1.12 bits per heavy atom. The molecule has 0 amide bonds. The highest BCUT2D eigenvalue weighted by Crippen LogP contribution is 1.88. The number of aliphatic hydroxyl groups excluding tert-OH is 1. The van der Waals surface area contributed by atoms with E-state index in [1.165, 1.54) is 0 Å². The molecule has 0 fully saturated rings. The standard InChI is InChI=1S/C7H12O3.C3H4O3/c1-2-7(9)10-6-4-3-5-8;1-2-3(4)6-5/h2,8H,1,3-6H2;2,5H,1H2. The van der Waals surface area contributed by atoms with Gasteiger partial charge in [0.1, 0.15) is 0 Å². The number of carbonyl (C=O) groups is 2. The van der Waals surface area contributed by atoms with E-state index in [-0.39, 0.29) is 6.61 Å². The summed E-state index contributed by atoms with van der Waals surface area (Å²) in [5.74, 6) is -1.24. The minimum absolute atomic E-state index is 0.144. The Morgan fingerprint density at radius 3 is 2.00 bits per heavy atom. The summed E-state index contributed by atoms with van der Waals surface area (Å²) in [7, 11) is 0. The van der Waals surface area contributed by atoms with Gasteiger partial charge in [-0.05, 0) is 12.8 Å². The van der Waals surface area contributed by atoms with Gasteiger partial charge in [-0.15, -0.1) is 0 Å². The summed E-state index contributed by atoms with van der Waals surface area (Å²) in [4.78, 5) is 23.1. The van der Waals surface area contributed by atoms with Gasteiger partial charge < -0.3 is 9.84 Å². The summed E-state index contributed by atoms with van der Waals surface area (Å²) in [5, 5.41) is 15.7. The van der Waals surface area contributed by atoms with Crippen molar-refractivity contribution < 1.29 is 29.6 Å². The molecule has 0 unspecified atom stereocenters. The normalized spacial score (nSPS) is 8.12. The first kappa shape index (κ1) is 16.8. The molecule has 6 heteroatoms. The number of hydrogen-bond donors (Lipinski definition) is 2. The number of unbranched alkanes of at least 4 members (excludes halogenated alkanes) is 1. The van der Waals surface area contributed by atoms with Gasteiger partial charge in [0.15, 0.2) is 0 Å². The van der Waals surface area contributed by atoms with Crippen molar-refractivity contribution in [3.8, 4) is 0 Å². The minimum Gasteiger partial charge on any atom is -0.463 e. The minimum atomic E-state index is -0.838. The van der Waals surface area contributed by atoms with Crippen molar-refractivity contribution >= 4 is 11.9 Å². The van der Waals surface area contributed by atoms with E-state index < -0.39 is 11.9 Å². The van der Waals surface area contributed by atoms with E-state index in [0.717, 1.165) is 12.2 Å². The highest BCUT2D eigenvalue weighted by atomic mass is 17.1. The largest absolute Gasteiger partial charge is 0.463 e. The highest BCUT2D eigenvalue weighted by Gasteiger charge is 1.92. The van der Waals surface area contributed by atoms with Crippen LogP contribution < -0.4 is 0 Å². The van der Waals surface area contributed by atoms with E-state index in [4.69, 9.17) is 10.4 Å². The molecule has 0 aliphatic carbocycles. The predicted molar refractivity (Wildman–Crippen MR) is 56.4 cm³/mol. The van der Waals surface area contributed by atoms with Crippen LogP contribution in [0.5, 0.6) is 0 Å². The summed E-state index contributed by atoms with van der Waals surface area (Å²) in [6.07, 6.45) is 3.36. The summed E-state index contributed by atoms with van der Waals surface area (Å²) < 4.78 is 4.63. The van der Waals surface area contributed by atoms with Crippen molar-refractivity contribution in [2.75, 3.05) is 13.2 Å². The van der Waals surface area contributed by atoms with Crippen LogP contribution in [0.4, 0.5) is 0 Å². The van der Waals surface area contributed by atoms with Crippen LogP contribution in [0.25, 0.3) is 0 Å². The van der Waals surface area contributed by atoms with E-state index in [0.29, 0.717) is 19.4 Å². The molecule has 0 aromatic carbocycles. The molecule has 0 aromatic heterocycles. The van der Waals surface area contributed by atoms with Gasteiger partial charge in [-0.3, -0.25) is 4.89 Å². The molecule has 0 spiro atoms. The smallest absolute Gasteiger partial charge is 0.365 e. The van der Waals surface area contributed by atoms with Crippen molar-refractivity contribution in [2.45, 2.75) is 12.8 Å². The van der Waals surface area contributed by atoms with E-state index in [2.05, 4.69) is 22.8 Å². The molecule has 0 bridgehead atoms. The molecule has 0 rings (SSSR count). The molecule has 0 atom stereocenters. The van der Waals surface area contributed by atoms with Crippen LogP contribution in [0.1, 0.15) is 12.8 Å². The van der Waals surface area contributed by atoms with Crippen molar-refractivity contribution in [2.24, 2.45) is 0 Å². The maximum atomic E-state index is 10.4. The van der Waals surface area contributed by atoms with Crippen LogP contribution in [-0.4, -0.2) is 35.5 Å². The molecule has 0 aromatic rings. The van der Waals surface area contributed by atoms with Gasteiger partial charge in [0.2, 0.25) is 0 Å². The zero-order valence-corrected chi connectivity index (χ0v) is 8.92. The number of aliphatic hydroxyl groups is 1. The molecule has 0 saturated heterocycles. The average Bonchev–Trinajstić information content (AvgIpc) is 2.34. The second-order valence-electron chi connectivity index (χ2n) is 2.42. The third-order valence-electron chi connectivity index (χ3n) is 1.22. The Bertz CT molecular complexity index is 223. The molecular formula is C10H16O6. The Kier molecular flexibility index (Phi) is 14.0. The lowest BCUT2D eigenvalue weighted by Gasteiger charge is -1.98. The van der Waals surface area contributed by atoms with Gasteiger partial charge in [-0.25, -0.2) is 9.59 Å². The zero-order chi connectivity index (χ0) is 12.8. The molecule has 0 radical (unpaired) electrons. The first-order valence-electron chi connectivity index (χ1n) is 4.50. The van der Waals surface area contributed by atoms with Gasteiger partial charge in [-0.2, -0.15) is 5.26 Å². The molecule has 0 aliphatic rings. The van der Waals surface area contributed by atoms with Crippen LogP contribution in [-0.2, 0) is 19.2 Å². The number of esters is 1. The highest BCUT2D eigenvalue weighted by molar-refractivity contribution is 5.81. The van der Waals surface area contributed by atoms with Crippen LogP contribution >= 0.6 is 0 Å². The molecule has 0 heterocycles. The summed E-state index contributed by atoms with van der Waals surface area (Å²) >= 11 is 0. The fourth-order valence-corrected chi connectivity index (χ4v) is 0.483. The second-order valence-corrected chi connectivity index (χ2v) is 2.42. The number of hydrogen-bond acceptors (Lipinski definition) is 6. The lowest BCUT2D eigenvalue weighted by Crippen LogP contribution is -2.02. The second kappa shape index (κ2) is 13.3. The quantitative estimate of drug-likeness (QED) is 0.230. The topological polar surface area (TPSA) is 93.1 Å². The fourth-order valence-electron chi connectivity index (χ4n) is 0.483. The Labute approximate surface area is 93.7 Å². The third-order valence-corrected chi connectivity index (χ3v) is 1.22. The Balaban J connectivity index is 0. The van der Waals surface area contributed by atoms with Gasteiger partial charge in [0, 0.05) is 18.8 Å². The van der Waals surface area contributed by atoms with Crippen LogP contribution in [0.2, 0.25) is 0 Å². The Hall–Kier alpha value is -1.66. The van der Waals surface area contributed by atoms with Crippen LogP contribution in [0.3, 0.4) is 0 Å². The summed E-state index contributed by atoms with van der Waals surface area (Å²) in [6.45, 7) is 6.74. The van der Waals surface area contributed by atoms with E-state index in [1.807, 2.05) is 0 Å². The lowest BCUT2D eigenvalue weighted by molar-refractivity contribution is -0.228. The first-order valence-corrected chi connectivity index (χ1v) is 4.50. The third kappa shape index (κ3) is 14.8.